The summed E-state index contributed by atoms with van der Waals surface area (Å²) in [4.78, 5) is 62.4. The van der Waals surface area contributed by atoms with Gasteiger partial charge in [0.05, 0.1) is 53.7 Å². The lowest BCUT2D eigenvalue weighted by molar-refractivity contribution is -0.137. The summed E-state index contributed by atoms with van der Waals surface area (Å²) in [7, 11) is 1.54. The molecule has 17 heteroatoms. The number of piperidine rings is 1. The number of rotatable bonds is 14. The van der Waals surface area contributed by atoms with Crippen molar-refractivity contribution in [3.05, 3.63) is 125 Å². The summed E-state index contributed by atoms with van der Waals surface area (Å²) in [6, 6.07) is 21.2. The van der Waals surface area contributed by atoms with Crippen molar-refractivity contribution < 1.29 is 46.6 Å². The number of allylic oxidation sites excluding steroid dienone is 1. The number of carbonyl (C=O) groups is 4. The number of piperazine rings is 1. The highest BCUT2D eigenvalue weighted by molar-refractivity contribution is 6.23. The molecule has 8 rings (SSSR count). The first-order chi connectivity index (χ1) is 29.9. The number of nitrogens with one attached hydrogen (secondary N) is 2. The van der Waals surface area contributed by atoms with E-state index in [2.05, 4.69) is 27.0 Å². The third kappa shape index (κ3) is 9.05. The van der Waals surface area contributed by atoms with Gasteiger partial charge in [-0.1, -0.05) is 24.8 Å². The normalized spacial score (nSPS) is 17.4. The third-order valence-corrected chi connectivity index (χ3v) is 11.2. The number of ether oxygens (including phenoxy) is 3. The highest BCUT2D eigenvalue weighted by Crippen LogP contribution is 2.33. The van der Waals surface area contributed by atoms with Gasteiger partial charge in [-0.15, -0.1) is 0 Å². The summed E-state index contributed by atoms with van der Waals surface area (Å²) in [5, 5.41) is 5.36. The molecule has 1 aromatic heterocycles. The number of alkyl halides is 3. The molecule has 3 aliphatic rings. The van der Waals surface area contributed by atoms with E-state index in [-0.39, 0.29) is 29.2 Å². The van der Waals surface area contributed by atoms with Crippen LogP contribution in [0.1, 0.15) is 55.0 Å². The standard InChI is InChI=1S/C45H44F3N7O7/c1-28-9-13-39(41(57)49-28)55-42(58)35-12-11-34(26-36(35)43(55)59)62-22-21-61-20-19-52-15-17-53(18-16-52)27-29-10-14-38-37(23-29)50-44(54(38)32-7-4-8-33(25-32)60-2)51-40(56)30-5-3-6-31(24-30)45(46,47)48/h3-8,10-12,14,23-26,39H,1,9,13,15-22,27H2,2H3,(H,49,57)(H,50,51,56). The van der Waals surface area contributed by atoms with Crippen molar-refractivity contribution in [1.82, 2.24) is 29.6 Å². The van der Waals surface area contributed by atoms with Gasteiger partial charge < -0.3 is 19.5 Å². The number of aromatic nitrogens is 2. The molecule has 4 heterocycles. The molecule has 2 N–H and O–H groups in total. The van der Waals surface area contributed by atoms with E-state index in [1.165, 1.54) is 18.2 Å². The largest absolute Gasteiger partial charge is 0.497 e. The van der Waals surface area contributed by atoms with E-state index in [9.17, 15) is 32.3 Å². The quantitative estimate of drug-likeness (QED) is 0.102. The Morgan fingerprint density at radius 3 is 2.42 bits per heavy atom. The molecule has 4 amide bonds. The van der Waals surface area contributed by atoms with Crippen LogP contribution in [0.15, 0.2) is 97.2 Å². The first kappa shape index (κ1) is 42.1. The molecule has 14 nitrogen and oxygen atoms in total. The number of hydrogen-bond acceptors (Lipinski definition) is 10. The van der Waals surface area contributed by atoms with Crippen molar-refractivity contribution in [2.75, 3.05) is 65.0 Å². The summed E-state index contributed by atoms with van der Waals surface area (Å²) in [5.74, 6) is -0.995. The van der Waals surface area contributed by atoms with Crippen LogP contribution in [0.3, 0.4) is 0 Å². The number of methoxy groups -OCH3 is 1. The van der Waals surface area contributed by atoms with Gasteiger partial charge in [-0.2, -0.15) is 13.2 Å². The summed E-state index contributed by atoms with van der Waals surface area (Å²) < 4.78 is 59.1. The fraction of sp³-hybridized carbons (Fsp3) is 0.311. The second-order valence-electron chi connectivity index (χ2n) is 15.2. The van der Waals surface area contributed by atoms with E-state index in [0.29, 0.717) is 66.5 Å². The molecule has 4 aromatic carbocycles. The Hall–Kier alpha value is -6.56. The first-order valence-electron chi connectivity index (χ1n) is 20.2. The number of fused-ring (bicyclic) bond motifs is 2. The highest BCUT2D eigenvalue weighted by Gasteiger charge is 2.44. The van der Waals surface area contributed by atoms with Crippen molar-refractivity contribution in [3.63, 3.8) is 0 Å². The van der Waals surface area contributed by atoms with Gasteiger partial charge in [0.1, 0.15) is 24.1 Å². The average molecular weight is 852 g/mol. The van der Waals surface area contributed by atoms with E-state index in [4.69, 9.17) is 19.2 Å². The van der Waals surface area contributed by atoms with Gasteiger partial charge in [-0.3, -0.25) is 43.8 Å². The topological polar surface area (TPSA) is 148 Å². The van der Waals surface area contributed by atoms with E-state index < -0.39 is 41.4 Å². The zero-order valence-corrected chi connectivity index (χ0v) is 33.9. The van der Waals surface area contributed by atoms with Gasteiger partial charge >= 0.3 is 6.18 Å². The molecule has 0 aliphatic carbocycles. The van der Waals surface area contributed by atoms with Crippen molar-refractivity contribution >= 4 is 40.6 Å². The molecule has 2 saturated heterocycles. The van der Waals surface area contributed by atoms with Gasteiger partial charge in [0.15, 0.2) is 0 Å². The van der Waals surface area contributed by atoms with Crippen LogP contribution >= 0.6 is 0 Å². The Morgan fingerprint density at radius 2 is 1.65 bits per heavy atom. The van der Waals surface area contributed by atoms with Crippen molar-refractivity contribution in [3.8, 4) is 17.2 Å². The molecule has 1 unspecified atom stereocenters. The van der Waals surface area contributed by atoms with Crippen molar-refractivity contribution in [1.29, 1.82) is 0 Å². The Balaban J connectivity index is 0.819. The average Bonchev–Trinajstić information content (AvgIpc) is 3.74. The molecule has 0 radical (unpaired) electrons. The zero-order chi connectivity index (χ0) is 43.5. The van der Waals surface area contributed by atoms with Crippen LogP contribution in [0.2, 0.25) is 0 Å². The Bertz CT molecular complexity index is 2550. The van der Waals surface area contributed by atoms with Crippen molar-refractivity contribution in [2.24, 2.45) is 0 Å². The van der Waals surface area contributed by atoms with Crippen LogP contribution in [0.4, 0.5) is 19.1 Å². The monoisotopic (exact) mass is 851 g/mol. The fourth-order valence-corrected chi connectivity index (χ4v) is 7.89. The molecular weight excluding hydrogens is 808 g/mol. The van der Waals surface area contributed by atoms with Gasteiger partial charge in [0, 0.05) is 56.6 Å². The molecule has 1 atom stereocenters. The van der Waals surface area contributed by atoms with Crippen LogP contribution in [0.25, 0.3) is 16.7 Å². The number of benzene rings is 4. The first-order valence-corrected chi connectivity index (χ1v) is 20.2. The van der Waals surface area contributed by atoms with Gasteiger partial charge in [-0.25, -0.2) is 4.98 Å². The molecule has 3 aliphatic heterocycles. The number of halogens is 3. The van der Waals surface area contributed by atoms with Crippen LogP contribution in [-0.2, 0) is 22.3 Å². The number of anilines is 1. The van der Waals surface area contributed by atoms with Gasteiger partial charge in [-0.05, 0) is 79.1 Å². The lowest BCUT2D eigenvalue weighted by Gasteiger charge is -2.34. The second-order valence-corrected chi connectivity index (χ2v) is 15.2. The maximum absolute atomic E-state index is 13.4. The van der Waals surface area contributed by atoms with Gasteiger partial charge in [0.25, 0.3) is 17.7 Å². The number of carbonyl (C=O) groups excluding carboxylic acids is 4. The van der Waals surface area contributed by atoms with Gasteiger partial charge in [0.2, 0.25) is 11.9 Å². The van der Waals surface area contributed by atoms with E-state index in [1.54, 1.807) is 42.0 Å². The van der Waals surface area contributed by atoms with Crippen LogP contribution in [0.5, 0.6) is 11.5 Å². The summed E-state index contributed by atoms with van der Waals surface area (Å²) in [6.45, 7) is 9.59. The third-order valence-electron chi connectivity index (χ3n) is 11.2. The summed E-state index contributed by atoms with van der Waals surface area (Å²) >= 11 is 0. The molecule has 322 valence electrons. The second kappa shape index (κ2) is 17.8. The number of amides is 4. The minimum absolute atomic E-state index is 0.149. The highest BCUT2D eigenvalue weighted by atomic mass is 19.4. The van der Waals surface area contributed by atoms with E-state index >= 15 is 0 Å². The molecule has 0 spiro atoms. The number of nitrogens with zero attached hydrogens (tertiary/aromatic N) is 5. The van der Waals surface area contributed by atoms with Crippen LogP contribution in [-0.4, -0.2) is 114 Å². The van der Waals surface area contributed by atoms with E-state index in [0.717, 1.165) is 55.3 Å². The Morgan fingerprint density at radius 1 is 0.871 bits per heavy atom. The number of hydrogen-bond donors (Lipinski definition) is 2. The molecular formula is C45H44F3N7O7. The van der Waals surface area contributed by atoms with Crippen molar-refractivity contribution in [2.45, 2.75) is 31.6 Å². The maximum atomic E-state index is 13.4. The molecule has 62 heavy (non-hydrogen) atoms. The lowest BCUT2D eigenvalue weighted by atomic mass is 10.0. The van der Waals surface area contributed by atoms with E-state index in [1.807, 2.05) is 24.3 Å². The molecule has 0 bridgehead atoms. The minimum atomic E-state index is -4.60. The van der Waals surface area contributed by atoms with Crippen LogP contribution < -0.4 is 20.1 Å². The smallest absolute Gasteiger partial charge is 0.416 e. The fourth-order valence-electron chi connectivity index (χ4n) is 7.89. The van der Waals surface area contributed by atoms with Crippen LogP contribution in [0, 0.1) is 0 Å². The Kier molecular flexibility index (Phi) is 12.1. The maximum Gasteiger partial charge on any atom is 0.416 e. The summed E-state index contributed by atoms with van der Waals surface area (Å²) in [5.41, 5.74) is 2.91. The molecule has 0 saturated carbocycles. The molecule has 5 aromatic rings. The predicted octanol–water partition coefficient (Wildman–Crippen LogP) is 5.91. The minimum Gasteiger partial charge on any atom is -0.497 e. The lowest BCUT2D eigenvalue weighted by Crippen LogP contribution is -2.51. The number of imide groups is 1. The molecule has 2 fully saturated rings. The SMILES string of the molecule is C=C1CCC(N2C(=O)c3ccc(OCCOCCN4CCN(Cc5ccc6c(c5)nc(NC(=O)c5cccc(C(F)(F)F)c5)n6-c5cccc(OC)c5)CC4)cc3C2=O)C(=O)N1. The Labute approximate surface area is 354 Å². The predicted molar refractivity (Wildman–Crippen MR) is 222 cm³/mol. The summed E-state index contributed by atoms with van der Waals surface area (Å²) in [6.07, 6.45) is -3.78. The zero-order valence-electron chi connectivity index (χ0n) is 33.9. The number of imidazole rings is 1.